The zero-order chi connectivity index (χ0) is 49.5. The molecule has 400 valence electrons. The first-order chi connectivity index (χ1) is 33.5. The molecule has 0 aliphatic carbocycles. The summed E-state index contributed by atoms with van der Waals surface area (Å²) in [6.07, 6.45) is 67.8. The van der Waals surface area contributed by atoms with Gasteiger partial charge >= 0.3 is 5.97 Å². The third kappa shape index (κ3) is 50.5. The largest absolute Gasteiger partial charge is 0.462 e. The molecule has 68 heavy (non-hydrogen) atoms. The van der Waals surface area contributed by atoms with Crippen molar-refractivity contribution in [3.05, 3.63) is 36.5 Å². The number of carbonyl (C=O) groups is 2. The van der Waals surface area contributed by atoms with E-state index in [0.29, 0.717) is 19.3 Å². The number of carbonyl (C=O) groups excluding carboxylic acids is 2. The second-order valence-electron chi connectivity index (χ2n) is 20.7. The number of ether oxygens (including phenoxy) is 1. The first-order valence-electron chi connectivity index (χ1n) is 30.2. The predicted molar refractivity (Wildman–Crippen MR) is 296 cm³/mol. The van der Waals surface area contributed by atoms with Gasteiger partial charge in [0, 0.05) is 6.42 Å². The fraction of sp³-hybridized carbons (Fsp3) is 0.871. The maximum absolute atomic E-state index is 13.3. The van der Waals surface area contributed by atoms with E-state index >= 15 is 0 Å². The van der Waals surface area contributed by atoms with Crippen LogP contribution in [0.5, 0.6) is 0 Å². The summed E-state index contributed by atoms with van der Waals surface area (Å²) in [5, 5.41) is 23.9. The lowest BCUT2D eigenvalue weighted by atomic mass is 10.0. The molecule has 0 aromatic heterocycles. The van der Waals surface area contributed by atoms with Crippen LogP contribution < -0.4 is 5.32 Å². The number of amides is 1. The Morgan fingerprint density at radius 2 is 0.750 bits per heavy atom. The zero-order valence-corrected chi connectivity index (χ0v) is 45.8. The molecule has 3 N–H and O–H groups in total. The monoisotopic (exact) mass is 956 g/mol. The Morgan fingerprint density at radius 3 is 1.18 bits per heavy atom. The van der Waals surface area contributed by atoms with Gasteiger partial charge in [-0.15, -0.1) is 0 Å². The predicted octanol–water partition coefficient (Wildman–Crippen LogP) is 18.8. The molecule has 6 nitrogen and oxygen atoms in total. The van der Waals surface area contributed by atoms with Gasteiger partial charge in [0.05, 0.1) is 25.2 Å². The second-order valence-corrected chi connectivity index (χ2v) is 20.7. The van der Waals surface area contributed by atoms with Crippen LogP contribution in [0.15, 0.2) is 36.5 Å². The standard InChI is InChI=1S/C62H117NO5/c1-4-7-10-13-16-19-22-25-27-29-30-32-34-37-40-43-46-49-52-55-62(67)68-58(53-50-47-44-41-38-35-24-21-18-15-12-9-6-3)56-61(66)63-59(57-64)60(65)54-51-48-45-42-39-36-33-31-28-26-23-20-17-14-11-8-5-2/h16,19,21,24-25,27,58-60,64-65H,4-15,17-18,20,22-23,26,28-57H2,1-3H3,(H,63,66)/b19-16-,24-21-,27-25-. The Bertz CT molecular complexity index is 1120. The summed E-state index contributed by atoms with van der Waals surface area (Å²) < 4.78 is 5.97. The molecule has 1 amide bonds. The van der Waals surface area contributed by atoms with E-state index in [4.69, 9.17) is 4.74 Å². The quantitative estimate of drug-likeness (QED) is 0.0321. The number of allylic oxidation sites excluding steroid dienone is 6. The van der Waals surface area contributed by atoms with Crippen molar-refractivity contribution in [2.75, 3.05) is 6.61 Å². The lowest BCUT2D eigenvalue weighted by Crippen LogP contribution is -2.46. The van der Waals surface area contributed by atoms with Gasteiger partial charge in [-0.2, -0.15) is 0 Å². The molecular weight excluding hydrogens is 839 g/mol. The first-order valence-corrected chi connectivity index (χ1v) is 30.2. The van der Waals surface area contributed by atoms with Gasteiger partial charge in [-0.3, -0.25) is 9.59 Å². The van der Waals surface area contributed by atoms with Crippen LogP contribution in [0.3, 0.4) is 0 Å². The van der Waals surface area contributed by atoms with Crippen LogP contribution in [-0.4, -0.2) is 46.9 Å². The maximum atomic E-state index is 13.3. The van der Waals surface area contributed by atoms with Gasteiger partial charge in [-0.25, -0.2) is 0 Å². The molecule has 0 rings (SSSR count). The number of esters is 1. The first kappa shape index (κ1) is 66.1. The van der Waals surface area contributed by atoms with Gasteiger partial charge in [0.2, 0.25) is 5.91 Å². The van der Waals surface area contributed by atoms with E-state index in [0.717, 1.165) is 64.2 Å². The zero-order valence-electron chi connectivity index (χ0n) is 45.8. The molecule has 0 aromatic rings. The third-order valence-electron chi connectivity index (χ3n) is 13.9. The number of hydrogen-bond acceptors (Lipinski definition) is 5. The Morgan fingerprint density at radius 1 is 0.426 bits per heavy atom. The van der Waals surface area contributed by atoms with Crippen LogP contribution >= 0.6 is 0 Å². The van der Waals surface area contributed by atoms with E-state index in [-0.39, 0.29) is 24.9 Å². The lowest BCUT2D eigenvalue weighted by molar-refractivity contribution is -0.151. The Balaban J connectivity index is 4.47. The maximum Gasteiger partial charge on any atom is 0.306 e. The molecule has 0 saturated carbocycles. The Hall–Kier alpha value is -1.92. The Labute approximate surface area is 424 Å². The van der Waals surface area contributed by atoms with Crippen LogP contribution in [0, 0.1) is 0 Å². The Kier molecular flexibility index (Phi) is 54.4. The highest BCUT2D eigenvalue weighted by molar-refractivity contribution is 5.77. The number of hydrogen-bond donors (Lipinski definition) is 3. The number of rotatable bonds is 55. The summed E-state index contributed by atoms with van der Waals surface area (Å²) in [5.41, 5.74) is 0. The van der Waals surface area contributed by atoms with Gasteiger partial charge in [0.15, 0.2) is 0 Å². The van der Waals surface area contributed by atoms with Gasteiger partial charge in [-0.1, -0.05) is 263 Å². The third-order valence-corrected chi connectivity index (χ3v) is 13.9. The molecule has 3 atom stereocenters. The van der Waals surface area contributed by atoms with E-state index < -0.39 is 18.2 Å². The van der Waals surface area contributed by atoms with Crippen molar-refractivity contribution in [2.24, 2.45) is 0 Å². The lowest BCUT2D eigenvalue weighted by Gasteiger charge is -2.24. The molecule has 0 fully saturated rings. The number of unbranched alkanes of at least 4 members (excludes halogenated alkanes) is 37. The van der Waals surface area contributed by atoms with E-state index in [2.05, 4.69) is 62.5 Å². The fourth-order valence-corrected chi connectivity index (χ4v) is 9.34. The smallest absolute Gasteiger partial charge is 0.306 e. The number of aliphatic hydroxyl groups is 2. The summed E-state index contributed by atoms with van der Waals surface area (Å²) in [4.78, 5) is 26.3. The van der Waals surface area contributed by atoms with Crippen molar-refractivity contribution in [1.82, 2.24) is 5.32 Å². The molecule has 0 aliphatic heterocycles. The van der Waals surface area contributed by atoms with Crippen LogP contribution in [0.2, 0.25) is 0 Å². The van der Waals surface area contributed by atoms with Crippen molar-refractivity contribution in [2.45, 2.75) is 341 Å². The minimum atomic E-state index is -0.790. The molecule has 0 heterocycles. The van der Waals surface area contributed by atoms with E-state index in [9.17, 15) is 19.8 Å². The summed E-state index contributed by atoms with van der Waals surface area (Å²) in [7, 11) is 0. The number of nitrogens with one attached hydrogen (secondary N) is 1. The van der Waals surface area contributed by atoms with Crippen LogP contribution in [0.25, 0.3) is 0 Å². The molecule has 0 aliphatic rings. The van der Waals surface area contributed by atoms with Gasteiger partial charge in [-0.05, 0) is 83.5 Å². The normalized spacial score (nSPS) is 13.3. The van der Waals surface area contributed by atoms with E-state index in [1.54, 1.807) is 0 Å². The van der Waals surface area contributed by atoms with E-state index in [1.165, 1.54) is 212 Å². The van der Waals surface area contributed by atoms with Gasteiger partial charge in [0.1, 0.15) is 6.10 Å². The molecule has 0 radical (unpaired) electrons. The SMILES string of the molecule is CCCCC/C=C\C/C=C\CCCCCCCCCCCC(=O)OC(CCCCCCC/C=C\CCCCCC)CC(=O)NC(CO)C(O)CCCCCCCCCCCCCCCCCCC. The van der Waals surface area contributed by atoms with Crippen molar-refractivity contribution in [3.8, 4) is 0 Å². The van der Waals surface area contributed by atoms with Crippen molar-refractivity contribution >= 4 is 11.9 Å². The second kappa shape index (κ2) is 56.0. The summed E-state index contributed by atoms with van der Waals surface area (Å²) >= 11 is 0. The van der Waals surface area contributed by atoms with Crippen molar-refractivity contribution < 1.29 is 24.5 Å². The molecule has 0 saturated heterocycles. The highest BCUT2D eigenvalue weighted by Crippen LogP contribution is 2.19. The minimum Gasteiger partial charge on any atom is -0.462 e. The molecular formula is C62H117NO5. The van der Waals surface area contributed by atoms with Crippen LogP contribution in [0.1, 0.15) is 323 Å². The summed E-state index contributed by atoms with van der Waals surface area (Å²) in [6.45, 7) is 6.48. The average Bonchev–Trinajstić information content (AvgIpc) is 3.33. The molecule has 0 spiro atoms. The number of aliphatic hydroxyl groups excluding tert-OH is 2. The fourth-order valence-electron chi connectivity index (χ4n) is 9.34. The minimum absolute atomic E-state index is 0.0734. The van der Waals surface area contributed by atoms with Crippen LogP contribution in [-0.2, 0) is 14.3 Å². The topological polar surface area (TPSA) is 95.9 Å². The molecule has 3 unspecified atom stereocenters. The molecule has 0 bridgehead atoms. The average molecular weight is 957 g/mol. The summed E-state index contributed by atoms with van der Waals surface area (Å²) in [5.74, 6) is -0.471. The molecule has 6 heteroatoms. The van der Waals surface area contributed by atoms with Gasteiger partial charge in [0.25, 0.3) is 0 Å². The molecule has 0 aromatic carbocycles. The summed E-state index contributed by atoms with van der Waals surface area (Å²) in [6, 6.07) is -0.704. The van der Waals surface area contributed by atoms with Gasteiger partial charge < -0.3 is 20.3 Å². The highest BCUT2D eigenvalue weighted by Gasteiger charge is 2.24. The van der Waals surface area contributed by atoms with Crippen molar-refractivity contribution in [3.63, 3.8) is 0 Å². The van der Waals surface area contributed by atoms with E-state index in [1.807, 2.05) is 0 Å². The highest BCUT2D eigenvalue weighted by atomic mass is 16.5. The van der Waals surface area contributed by atoms with Crippen LogP contribution in [0.4, 0.5) is 0 Å². The van der Waals surface area contributed by atoms with Crippen molar-refractivity contribution in [1.29, 1.82) is 0 Å².